The fraction of sp³-hybridized carbons (Fsp3) is 0.733. The molecule has 1 aliphatic carbocycles. The first-order chi connectivity index (χ1) is 9.60. The smallest absolute Gasteiger partial charge is 0.308 e. The van der Waals surface area contributed by atoms with Crippen LogP contribution in [0.2, 0.25) is 0 Å². The van der Waals surface area contributed by atoms with Crippen molar-refractivity contribution in [1.29, 1.82) is 0 Å². The van der Waals surface area contributed by atoms with Gasteiger partial charge in [-0.1, -0.05) is 6.42 Å². The summed E-state index contributed by atoms with van der Waals surface area (Å²) < 4.78 is 7.07. The topological polar surface area (TPSA) is 56.1 Å². The molecule has 2 atom stereocenters. The Morgan fingerprint density at radius 3 is 3.00 bits per heavy atom. The molecule has 1 fully saturated rings. The lowest BCUT2D eigenvalue weighted by Gasteiger charge is -2.28. The van der Waals surface area contributed by atoms with Crippen LogP contribution in [-0.4, -0.2) is 28.4 Å². The van der Waals surface area contributed by atoms with Crippen molar-refractivity contribution in [2.75, 3.05) is 11.9 Å². The summed E-state index contributed by atoms with van der Waals surface area (Å²) >= 11 is 0. The van der Waals surface area contributed by atoms with Crippen LogP contribution in [0, 0.1) is 5.92 Å². The second-order valence-electron chi connectivity index (χ2n) is 5.76. The number of hydrogen-bond donors (Lipinski definition) is 1. The number of hydrogen-bond acceptors (Lipinski definition) is 4. The SMILES string of the molecule is CCOC(=O)C1CCCC(Nc2cnn(C(C)C)c2)C1. The summed E-state index contributed by atoms with van der Waals surface area (Å²) in [6.45, 7) is 6.54. The average molecular weight is 279 g/mol. The second kappa shape index (κ2) is 6.77. The van der Waals surface area contributed by atoms with E-state index < -0.39 is 0 Å². The fourth-order valence-corrected chi connectivity index (χ4v) is 2.73. The molecule has 0 spiro atoms. The van der Waals surface area contributed by atoms with Crippen LogP contribution in [0.1, 0.15) is 52.5 Å². The molecule has 1 saturated carbocycles. The third-order valence-corrected chi connectivity index (χ3v) is 3.80. The molecule has 1 aliphatic rings. The normalized spacial score (nSPS) is 22.8. The van der Waals surface area contributed by atoms with Crippen LogP contribution in [0.15, 0.2) is 12.4 Å². The number of ether oxygens (including phenoxy) is 1. The summed E-state index contributed by atoms with van der Waals surface area (Å²) in [5, 5.41) is 7.82. The maximum Gasteiger partial charge on any atom is 0.308 e. The highest BCUT2D eigenvalue weighted by Crippen LogP contribution is 2.27. The average Bonchev–Trinajstić information content (AvgIpc) is 2.88. The Morgan fingerprint density at radius 2 is 2.35 bits per heavy atom. The molecule has 0 aliphatic heterocycles. The molecule has 1 N–H and O–H groups in total. The predicted molar refractivity (Wildman–Crippen MR) is 78.6 cm³/mol. The first-order valence-corrected chi connectivity index (χ1v) is 7.57. The first kappa shape index (κ1) is 14.9. The van der Waals surface area contributed by atoms with Crippen LogP contribution >= 0.6 is 0 Å². The standard InChI is InChI=1S/C15H25N3O2/c1-4-20-15(19)12-6-5-7-13(8-12)17-14-9-16-18(10-14)11(2)3/h9-13,17H,4-8H2,1-3H3. The van der Waals surface area contributed by atoms with Crippen LogP contribution in [0.25, 0.3) is 0 Å². The van der Waals surface area contributed by atoms with Gasteiger partial charge in [0.2, 0.25) is 0 Å². The summed E-state index contributed by atoms with van der Waals surface area (Å²) in [6, 6.07) is 0.701. The zero-order chi connectivity index (χ0) is 14.5. The molecule has 1 heterocycles. The number of nitrogens with one attached hydrogen (secondary N) is 1. The van der Waals surface area contributed by atoms with E-state index >= 15 is 0 Å². The Bertz CT molecular complexity index is 442. The third-order valence-electron chi connectivity index (χ3n) is 3.80. The van der Waals surface area contributed by atoms with E-state index in [-0.39, 0.29) is 11.9 Å². The first-order valence-electron chi connectivity index (χ1n) is 7.57. The Balaban J connectivity index is 1.90. The highest BCUT2D eigenvalue weighted by molar-refractivity contribution is 5.72. The van der Waals surface area contributed by atoms with Crippen molar-refractivity contribution in [2.24, 2.45) is 5.92 Å². The van der Waals surface area contributed by atoms with Crippen molar-refractivity contribution in [1.82, 2.24) is 9.78 Å². The van der Waals surface area contributed by atoms with E-state index in [0.29, 0.717) is 18.7 Å². The molecule has 0 bridgehead atoms. The Labute approximate surface area is 120 Å². The van der Waals surface area contributed by atoms with Crippen LogP contribution in [0.3, 0.4) is 0 Å². The van der Waals surface area contributed by atoms with Gasteiger partial charge in [0.1, 0.15) is 0 Å². The van der Waals surface area contributed by atoms with Gasteiger partial charge in [0.15, 0.2) is 0 Å². The molecule has 5 heteroatoms. The highest BCUT2D eigenvalue weighted by atomic mass is 16.5. The highest BCUT2D eigenvalue weighted by Gasteiger charge is 2.28. The number of carbonyl (C=O) groups excluding carboxylic acids is 1. The minimum absolute atomic E-state index is 0.0429. The molecule has 20 heavy (non-hydrogen) atoms. The number of aromatic nitrogens is 2. The number of esters is 1. The Morgan fingerprint density at radius 1 is 1.55 bits per heavy atom. The van der Waals surface area contributed by atoms with Crippen LogP contribution in [0.4, 0.5) is 5.69 Å². The molecule has 2 rings (SSSR count). The molecular weight excluding hydrogens is 254 g/mol. The van der Waals surface area contributed by atoms with Crippen LogP contribution in [-0.2, 0) is 9.53 Å². The van der Waals surface area contributed by atoms with E-state index in [1.807, 2.05) is 24.0 Å². The number of rotatable bonds is 5. The van der Waals surface area contributed by atoms with Gasteiger partial charge < -0.3 is 10.1 Å². The lowest BCUT2D eigenvalue weighted by molar-refractivity contribution is -0.149. The van der Waals surface area contributed by atoms with E-state index in [9.17, 15) is 4.79 Å². The van der Waals surface area contributed by atoms with Crippen molar-refractivity contribution >= 4 is 11.7 Å². The maximum atomic E-state index is 11.8. The predicted octanol–water partition coefficient (Wildman–Crippen LogP) is 3.00. The quantitative estimate of drug-likeness (QED) is 0.842. The third kappa shape index (κ3) is 3.74. The molecule has 0 aromatic carbocycles. The molecule has 0 saturated heterocycles. The molecule has 1 aromatic rings. The van der Waals surface area contributed by atoms with Crippen LogP contribution in [0.5, 0.6) is 0 Å². The van der Waals surface area contributed by atoms with Gasteiger partial charge in [-0.05, 0) is 40.0 Å². The van der Waals surface area contributed by atoms with Crippen molar-refractivity contribution in [3.8, 4) is 0 Å². The minimum atomic E-state index is -0.0446. The summed E-state index contributed by atoms with van der Waals surface area (Å²) in [4.78, 5) is 11.8. The van der Waals surface area contributed by atoms with Gasteiger partial charge in [-0.25, -0.2) is 0 Å². The molecule has 2 unspecified atom stereocenters. The van der Waals surface area contributed by atoms with Gasteiger partial charge >= 0.3 is 5.97 Å². The summed E-state index contributed by atoms with van der Waals surface area (Å²) in [5.41, 5.74) is 1.04. The van der Waals surface area contributed by atoms with Crippen LogP contribution < -0.4 is 5.32 Å². The van der Waals surface area contributed by atoms with Gasteiger partial charge in [0.05, 0.1) is 24.4 Å². The van der Waals surface area contributed by atoms with E-state index in [0.717, 1.165) is 31.4 Å². The Hall–Kier alpha value is -1.52. The van der Waals surface area contributed by atoms with Crippen molar-refractivity contribution in [3.05, 3.63) is 12.4 Å². The number of anilines is 1. The molecule has 0 radical (unpaired) electrons. The zero-order valence-corrected chi connectivity index (χ0v) is 12.6. The maximum absolute atomic E-state index is 11.8. The number of carbonyl (C=O) groups is 1. The molecular formula is C15H25N3O2. The van der Waals surface area contributed by atoms with E-state index in [1.54, 1.807) is 0 Å². The summed E-state index contributed by atoms with van der Waals surface area (Å²) in [6.07, 6.45) is 7.85. The van der Waals surface area contributed by atoms with Crippen molar-refractivity contribution < 1.29 is 9.53 Å². The van der Waals surface area contributed by atoms with E-state index in [4.69, 9.17) is 4.74 Å². The minimum Gasteiger partial charge on any atom is -0.466 e. The summed E-state index contributed by atoms with van der Waals surface area (Å²) in [7, 11) is 0. The molecule has 5 nitrogen and oxygen atoms in total. The lowest BCUT2D eigenvalue weighted by Crippen LogP contribution is -2.31. The monoisotopic (exact) mass is 279 g/mol. The molecule has 0 amide bonds. The number of nitrogens with zero attached hydrogens (tertiary/aromatic N) is 2. The van der Waals surface area contributed by atoms with Gasteiger partial charge in [0.25, 0.3) is 0 Å². The summed E-state index contributed by atoms with van der Waals surface area (Å²) in [5.74, 6) is -0.00165. The fourth-order valence-electron chi connectivity index (χ4n) is 2.73. The molecule has 112 valence electrons. The van der Waals surface area contributed by atoms with Crippen molar-refractivity contribution in [2.45, 2.75) is 58.5 Å². The molecule has 1 aromatic heterocycles. The largest absolute Gasteiger partial charge is 0.466 e. The van der Waals surface area contributed by atoms with E-state index in [1.165, 1.54) is 0 Å². The van der Waals surface area contributed by atoms with E-state index in [2.05, 4.69) is 24.3 Å². The Kier molecular flexibility index (Phi) is 5.04. The van der Waals surface area contributed by atoms with Crippen molar-refractivity contribution in [3.63, 3.8) is 0 Å². The second-order valence-corrected chi connectivity index (χ2v) is 5.76. The van der Waals surface area contributed by atoms with Gasteiger partial charge in [-0.15, -0.1) is 0 Å². The van der Waals surface area contributed by atoms with Gasteiger partial charge in [0, 0.05) is 18.3 Å². The van der Waals surface area contributed by atoms with Gasteiger partial charge in [-0.3, -0.25) is 9.48 Å². The lowest BCUT2D eigenvalue weighted by atomic mass is 9.85. The van der Waals surface area contributed by atoms with Gasteiger partial charge in [-0.2, -0.15) is 5.10 Å². The zero-order valence-electron chi connectivity index (χ0n) is 12.6.